The van der Waals surface area contributed by atoms with E-state index in [1.165, 1.54) is 24.3 Å². The Morgan fingerprint density at radius 1 is 1.35 bits per heavy atom. The number of nitro groups is 1. The molecule has 106 valence electrons. The van der Waals surface area contributed by atoms with E-state index in [1.807, 2.05) is 0 Å². The van der Waals surface area contributed by atoms with E-state index in [0.29, 0.717) is 12.8 Å². The van der Waals surface area contributed by atoms with E-state index >= 15 is 0 Å². The van der Waals surface area contributed by atoms with E-state index < -0.39 is 22.2 Å². The summed E-state index contributed by atoms with van der Waals surface area (Å²) in [6.45, 7) is -0.00673. The highest BCUT2D eigenvalue weighted by molar-refractivity contribution is 5.98. The average Bonchev–Trinajstić information content (AvgIpc) is 2.36. The summed E-state index contributed by atoms with van der Waals surface area (Å²) in [7, 11) is 0. The van der Waals surface area contributed by atoms with Crippen molar-refractivity contribution in [2.24, 2.45) is 5.41 Å². The fourth-order valence-corrected chi connectivity index (χ4v) is 2.24. The van der Waals surface area contributed by atoms with Crippen molar-refractivity contribution in [2.45, 2.75) is 19.3 Å². The van der Waals surface area contributed by atoms with E-state index in [-0.39, 0.29) is 17.8 Å². The Kier molecular flexibility index (Phi) is 3.69. The largest absolute Gasteiger partial charge is 0.481 e. The molecule has 1 saturated carbocycles. The first-order valence-corrected chi connectivity index (χ1v) is 6.21. The highest BCUT2D eigenvalue weighted by Crippen LogP contribution is 2.40. The van der Waals surface area contributed by atoms with E-state index in [1.54, 1.807) is 0 Å². The summed E-state index contributed by atoms with van der Waals surface area (Å²) in [6, 6.07) is 5.59. The second-order valence-corrected chi connectivity index (χ2v) is 4.90. The molecule has 0 radical (unpaired) electrons. The van der Waals surface area contributed by atoms with E-state index in [9.17, 15) is 19.7 Å². The van der Waals surface area contributed by atoms with Crippen molar-refractivity contribution in [2.75, 3.05) is 6.54 Å². The zero-order valence-electron chi connectivity index (χ0n) is 10.7. The summed E-state index contributed by atoms with van der Waals surface area (Å²) in [6.07, 6.45) is 1.84. The first-order valence-electron chi connectivity index (χ1n) is 6.21. The zero-order valence-corrected chi connectivity index (χ0v) is 10.7. The van der Waals surface area contributed by atoms with Crippen molar-refractivity contribution in [3.63, 3.8) is 0 Å². The van der Waals surface area contributed by atoms with Gasteiger partial charge in [0.15, 0.2) is 0 Å². The van der Waals surface area contributed by atoms with E-state index in [0.717, 1.165) is 6.42 Å². The van der Waals surface area contributed by atoms with Crippen LogP contribution in [-0.2, 0) is 4.79 Å². The van der Waals surface area contributed by atoms with Crippen molar-refractivity contribution in [1.29, 1.82) is 0 Å². The summed E-state index contributed by atoms with van der Waals surface area (Å²) < 4.78 is 0. The molecule has 1 aromatic carbocycles. The number of hydrogen-bond acceptors (Lipinski definition) is 4. The fourth-order valence-electron chi connectivity index (χ4n) is 2.24. The fraction of sp³-hybridized carbons (Fsp3) is 0.385. The van der Waals surface area contributed by atoms with Gasteiger partial charge in [0, 0.05) is 12.6 Å². The Bertz CT molecular complexity index is 566. The summed E-state index contributed by atoms with van der Waals surface area (Å²) >= 11 is 0. The van der Waals surface area contributed by atoms with Crippen LogP contribution in [0.2, 0.25) is 0 Å². The maximum Gasteiger partial charge on any atom is 0.311 e. The third-order valence-corrected chi connectivity index (χ3v) is 3.70. The molecule has 1 fully saturated rings. The Labute approximate surface area is 114 Å². The summed E-state index contributed by atoms with van der Waals surface area (Å²) in [5.41, 5.74) is -1.26. The lowest BCUT2D eigenvalue weighted by Crippen LogP contribution is -2.47. The molecule has 0 aromatic heterocycles. The van der Waals surface area contributed by atoms with Gasteiger partial charge in [0.05, 0.1) is 10.3 Å². The number of amides is 1. The first kappa shape index (κ1) is 14.0. The van der Waals surface area contributed by atoms with Gasteiger partial charge in [-0.05, 0) is 18.9 Å². The molecule has 0 saturated heterocycles. The second-order valence-electron chi connectivity index (χ2n) is 4.90. The topological polar surface area (TPSA) is 110 Å². The standard InChI is InChI=1S/C13H14N2O5/c16-11(9-4-1-2-5-10(9)15(19)20)14-8-13(12(17)18)6-3-7-13/h1-2,4-5H,3,6-8H2,(H,14,16)(H,17,18). The molecule has 0 unspecified atom stereocenters. The molecule has 1 aromatic rings. The number of carboxylic acids is 1. The second kappa shape index (κ2) is 5.28. The van der Waals surface area contributed by atoms with Gasteiger partial charge in [0.2, 0.25) is 0 Å². The number of carboxylic acid groups (broad SMARTS) is 1. The van der Waals surface area contributed by atoms with Crippen LogP contribution in [0.15, 0.2) is 24.3 Å². The minimum absolute atomic E-state index is 0.00673. The molecule has 1 aliphatic carbocycles. The van der Waals surface area contributed by atoms with E-state index in [2.05, 4.69) is 5.32 Å². The molecule has 0 heterocycles. The SMILES string of the molecule is O=C(NCC1(C(=O)O)CCC1)c1ccccc1[N+](=O)[O-]. The molecule has 7 nitrogen and oxygen atoms in total. The molecule has 2 N–H and O–H groups in total. The molecular weight excluding hydrogens is 264 g/mol. The monoisotopic (exact) mass is 278 g/mol. The molecule has 1 amide bonds. The molecule has 20 heavy (non-hydrogen) atoms. The third kappa shape index (κ3) is 2.47. The number of nitro benzene ring substituents is 1. The van der Waals surface area contributed by atoms with E-state index in [4.69, 9.17) is 5.11 Å². The molecular formula is C13H14N2O5. The molecule has 7 heteroatoms. The summed E-state index contributed by atoms with van der Waals surface area (Å²) in [5, 5.41) is 22.5. The number of para-hydroxylation sites is 1. The quantitative estimate of drug-likeness (QED) is 0.627. The lowest BCUT2D eigenvalue weighted by Gasteiger charge is -2.37. The van der Waals surface area contributed by atoms with Gasteiger partial charge < -0.3 is 10.4 Å². The van der Waals surface area contributed by atoms with Gasteiger partial charge in [-0.3, -0.25) is 19.7 Å². The van der Waals surface area contributed by atoms with Gasteiger partial charge in [0.25, 0.3) is 11.6 Å². The Hall–Kier alpha value is -2.44. The molecule has 0 spiro atoms. The van der Waals surface area contributed by atoms with Gasteiger partial charge in [-0.25, -0.2) is 0 Å². The predicted octanol–water partition coefficient (Wildman–Crippen LogP) is 1.58. The van der Waals surface area contributed by atoms with Crippen LogP contribution in [0.3, 0.4) is 0 Å². The zero-order chi connectivity index (χ0) is 14.8. The maximum atomic E-state index is 12.0. The van der Waals surface area contributed by atoms with Gasteiger partial charge >= 0.3 is 5.97 Å². The van der Waals surface area contributed by atoms with Crippen LogP contribution < -0.4 is 5.32 Å². The minimum atomic E-state index is -0.938. The minimum Gasteiger partial charge on any atom is -0.481 e. The van der Waals surface area contributed by atoms with Gasteiger partial charge in [-0.15, -0.1) is 0 Å². The Morgan fingerprint density at radius 3 is 2.50 bits per heavy atom. The van der Waals surface area contributed by atoms with Gasteiger partial charge in [-0.1, -0.05) is 18.6 Å². The van der Waals surface area contributed by atoms with Crippen LogP contribution in [0.4, 0.5) is 5.69 Å². The van der Waals surface area contributed by atoms with Crippen molar-refractivity contribution in [3.05, 3.63) is 39.9 Å². The van der Waals surface area contributed by atoms with Crippen LogP contribution in [0.25, 0.3) is 0 Å². The average molecular weight is 278 g/mol. The number of carbonyl (C=O) groups excluding carboxylic acids is 1. The normalized spacial score (nSPS) is 16.0. The number of carbonyl (C=O) groups is 2. The van der Waals surface area contributed by atoms with Gasteiger partial charge in [0.1, 0.15) is 5.56 Å². The number of benzene rings is 1. The van der Waals surface area contributed by atoms with Crippen LogP contribution in [0.1, 0.15) is 29.6 Å². The third-order valence-electron chi connectivity index (χ3n) is 3.70. The first-order chi connectivity index (χ1) is 9.46. The van der Waals surface area contributed by atoms with Crippen LogP contribution in [0.5, 0.6) is 0 Å². The lowest BCUT2D eigenvalue weighted by molar-refractivity contribution is -0.385. The summed E-state index contributed by atoms with van der Waals surface area (Å²) in [5.74, 6) is -1.56. The molecule has 2 rings (SSSR count). The van der Waals surface area contributed by atoms with Crippen LogP contribution >= 0.6 is 0 Å². The number of aliphatic carboxylic acids is 1. The Morgan fingerprint density at radius 2 is 2.00 bits per heavy atom. The Balaban J connectivity index is 2.10. The molecule has 0 aliphatic heterocycles. The van der Waals surface area contributed by atoms with Gasteiger partial charge in [-0.2, -0.15) is 0 Å². The van der Waals surface area contributed by atoms with Crippen molar-refractivity contribution >= 4 is 17.6 Å². The van der Waals surface area contributed by atoms with Crippen molar-refractivity contribution < 1.29 is 19.6 Å². The van der Waals surface area contributed by atoms with Crippen LogP contribution in [-0.4, -0.2) is 28.5 Å². The molecule has 0 bridgehead atoms. The maximum absolute atomic E-state index is 12.0. The van der Waals surface area contributed by atoms with Crippen molar-refractivity contribution in [1.82, 2.24) is 5.32 Å². The smallest absolute Gasteiger partial charge is 0.311 e. The molecule has 1 aliphatic rings. The number of hydrogen-bond donors (Lipinski definition) is 2. The summed E-state index contributed by atoms with van der Waals surface area (Å²) in [4.78, 5) is 33.3. The lowest BCUT2D eigenvalue weighted by atomic mass is 9.69. The van der Waals surface area contributed by atoms with Crippen molar-refractivity contribution in [3.8, 4) is 0 Å². The predicted molar refractivity (Wildman–Crippen MR) is 69.3 cm³/mol. The number of rotatable bonds is 5. The number of nitrogens with zero attached hydrogens (tertiary/aromatic N) is 1. The number of nitrogens with one attached hydrogen (secondary N) is 1. The highest BCUT2D eigenvalue weighted by atomic mass is 16.6. The van der Waals surface area contributed by atoms with Crippen LogP contribution in [0, 0.1) is 15.5 Å². The molecule has 0 atom stereocenters. The highest BCUT2D eigenvalue weighted by Gasteiger charge is 2.44.